The number of hydrogen-bond acceptors (Lipinski definition) is 6. The second kappa shape index (κ2) is 6.52. The second-order valence-corrected chi connectivity index (χ2v) is 6.18. The summed E-state index contributed by atoms with van der Waals surface area (Å²) < 4.78 is 7.38. The summed E-state index contributed by atoms with van der Waals surface area (Å²) in [6.07, 6.45) is 5.95. The molecule has 0 aromatic carbocycles. The van der Waals surface area contributed by atoms with Gasteiger partial charge in [-0.2, -0.15) is 10.1 Å². The standard InChI is InChI=1S/C17H20N6O/c1-22-15(7-9-19-22)13-5-4-10-23(11-13)12-16-20-17(21-24-16)14-6-2-3-8-18-14/h2-3,6-9,13H,4-5,10-12H2,1H3/t13-/m1/s1. The molecular formula is C17H20N6O. The van der Waals surface area contributed by atoms with Crippen LogP contribution in [0.15, 0.2) is 41.2 Å². The Balaban J connectivity index is 1.44. The molecule has 0 unspecified atom stereocenters. The van der Waals surface area contributed by atoms with Crippen molar-refractivity contribution in [3.05, 3.63) is 48.2 Å². The van der Waals surface area contributed by atoms with E-state index in [0.29, 0.717) is 24.2 Å². The van der Waals surface area contributed by atoms with E-state index in [1.54, 1.807) is 6.20 Å². The van der Waals surface area contributed by atoms with Gasteiger partial charge in [0.1, 0.15) is 5.69 Å². The van der Waals surface area contributed by atoms with Crippen molar-refractivity contribution in [1.82, 2.24) is 29.8 Å². The molecule has 0 aliphatic carbocycles. The maximum atomic E-state index is 5.41. The molecule has 3 aromatic rings. The van der Waals surface area contributed by atoms with Crippen LogP contribution in [0.3, 0.4) is 0 Å². The zero-order valence-electron chi connectivity index (χ0n) is 13.7. The molecule has 1 aliphatic heterocycles. The van der Waals surface area contributed by atoms with E-state index in [9.17, 15) is 0 Å². The molecule has 0 spiro atoms. The van der Waals surface area contributed by atoms with Gasteiger partial charge in [0.15, 0.2) is 0 Å². The highest BCUT2D eigenvalue weighted by Crippen LogP contribution is 2.27. The van der Waals surface area contributed by atoms with Gasteiger partial charge in [0, 0.05) is 37.6 Å². The lowest BCUT2D eigenvalue weighted by Gasteiger charge is -2.31. The Morgan fingerprint density at radius 3 is 3.00 bits per heavy atom. The smallest absolute Gasteiger partial charge is 0.241 e. The van der Waals surface area contributed by atoms with Crippen molar-refractivity contribution in [1.29, 1.82) is 0 Å². The third kappa shape index (κ3) is 3.07. The lowest BCUT2D eigenvalue weighted by molar-refractivity contribution is 0.174. The first-order valence-electron chi connectivity index (χ1n) is 8.24. The second-order valence-electron chi connectivity index (χ2n) is 6.18. The number of pyridine rings is 1. The number of likely N-dealkylation sites (tertiary alicyclic amines) is 1. The van der Waals surface area contributed by atoms with E-state index in [1.807, 2.05) is 36.1 Å². The van der Waals surface area contributed by atoms with Gasteiger partial charge >= 0.3 is 0 Å². The minimum Gasteiger partial charge on any atom is -0.337 e. The van der Waals surface area contributed by atoms with Crippen molar-refractivity contribution in [3.63, 3.8) is 0 Å². The van der Waals surface area contributed by atoms with Crippen LogP contribution in [0.5, 0.6) is 0 Å². The summed E-state index contributed by atoms with van der Waals surface area (Å²) in [4.78, 5) is 11.1. The molecule has 0 N–H and O–H groups in total. The average Bonchev–Trinajstić information content (AvgIpc) is 3.25. The molecule has 24 heavy (non-hydrogen) atoms. The van der Waals surface area contributed by atoms with Gasteiger partial charge in [0.2, 0.25) is 11.7 Å². The van der Waals surface area contributed by atoms with Crippen LogP contribution in [0.1, 0.15) is 30.3 Å². The van der Waals surface area contributed by atoms with Gasteiger partial charge in [-0.15, -0.1) is 0 Å². The van der Waals surface area contributed by atoms with Crippen LogP contribution in [0, 0.1) is 0 Å². The van der Waals surface area contributed by atoms with Crippen molar-refractivity contribution >= 4 is 0 Å². The zero-order chi connectivity index (χ0) is 16.4. The molecule has 1 atom stereocenters. The Morgan fingerprint density at radius 2 is 2.21 bits per heavy atom. The van der Waals surface area contributed by atoms with Crippen LogP contribution in [0.2, 0.25) is 0 Å². The minimum atomic E-state index is 0.504. The molecule has 0 radical (unpaired) electrons. The predicted molar refractivity (Wildman–Crippen MR) is 88.0 cm³/mol. The molecule has 4 rings (SSSR count). The summed E-state index contributed by atoms with van der Waals surface area (Å²) >= 11 is 0. The third-order valence-corrected chi connectivity index (χ3v) is 4.50. The summed E-state index contributed by atoms with van der Waals surface area (Å²) in [7, 11) is 2.01. The van der Waals surface area contributed by atoms with Gasteiger partial charge in [-0.3, -0.25) is 14.6 Å². The summed E-state index contributed by atoms with van der Waals surface area (Å²) in [5, 5.41) is 8.33. The third-order valence-electron chi connectivity index (χ3n) is 4.50. The molecular weight excluding hydrogens is 304 g/mol. The van der Waals surface area contributed by atoms with E-state index in [0.717, 1.165) is 25.2 Å². The fraction of sp³-hybridized carbons (Fsp3) is 0.412. The van der Waals surface area contributed by atoms with Crippen molar-refractivity contribution < 1.29 is 4.52 Å². The predicted octanol–water partition coefficient (Wildman–Crippen LogP) is 2.24. The summed E-state index contributed by atoms with van der Waals surface area (Å²) in [6.45, 7) is 2.71. The average molecular weight is 324 g/mol. The Morgan fingerprint density at radius 1 is 1.25 bits per heavy atom. The summed E-state index contributed by atoms with van der Waals surface area (Å²) in [6, 6.07) is 7.78. The Labute approximate surface area is 140 Å². The molecule has 1 fully saturated rings. The van der Waals surface area contributed by atoms with E-state index >= 15 is 0 Å². The van der Waals surface area contributed by atoms with Crippen molar-refractivity contribution in [2.45, 2.75) is 25.3 Å². The van der Waals surface area contributed by atoms with Gasteiger partial charge in [0.25, 0.3) is 0 Å². The molecule has 0 amide bonds. The molecule has 4 heterocycles. The summed E-state index contributed by atoms with van der Waals surface area (Å²) in [5.74, 6) is 1.69. The number of aromatic nitrogens is 5. The van der Waals surface area contributed by atoms with Crippen molar-refractivity contribution in [2.24, 2.45) is 7.05 Å². The van der Waals surface area contributed by atoms with Crippen LogP contribution in [0.4, 0.5) is 0 Å². The van der Waals surface area contributed by atoms with E-state index in [-0.39, 0.29) is 0 Å². The van der Waals surface area contributed by atoms with Gasteiger partial charge in [-0.1, -0.05) is 11.2 Å². The molecule has 124 valence electrons. The van der Waals surface area contributed by atoms with Gasteiger partial charge in [0.05, 0.1) is 6.54 Å². The molecule has 1 aliphatic rings. The van der Waals surface area contributed by atoms with E-state index < -0.39 is 0 Å². The van der Waals surface area contributed by atoms with Crippen molar-refractivity contribution in [2.75, 3.05) is 13.1 Å². The van der Waals surface area contributed by atoms with E-state index in [4.69, 9.17) is 4.52 Å². The first-order valence-corrected chi connectivity index (χ1v) is 8.24. The molecule has 0 saturated carbocycles. The highest BCUT2D eigenvalue weighted by molar-refractivity contribution is 5.46. The molecule has 7 nitrogen and oxygen atoms in total. The Hall–Kier alpha value is -2.54. The Kier molecular flexibility index (Phi) is 4.08. The van der Waals surface area contributed by atoms with Crippen LogP contribution >= 0.6 is 0 Å². The molecule has 3 aromatic heterocycles. The van der Waals surface area contributed by atoms with E-state index in [2.05, 4.69) is 31.2 Å². The first kappa shape index (κ1) is 15.0. The van der Waals surface area contributed by atoms with Crippen LogP contribution in [0.25, 0.3) is 11.5 Å². The van der Waals surface area contributed by atoms with Crippen LogP contribution in [-0.4, -0.2) is 42.9 Å². The summed E-state index contributed by atoms with van der Waals surface area (Å²) in [5.41, 5.74) is 2.03. The maximum Gasteiger partial charge on any atom is 0.241 e. The fourth-order valence-electron chi connectivity index (χ4n) is 3.33. The van der Waals surface area contributed by atoms with Crippen molar-refractivity contribution in [3.8, 4) is 11.5 Å². The normalized spacial score (nSPS) is 18.8. The van der Waals surface area contributed by atoms with Gasteiger partial charge in [-0.25, -0.2) is 0 Å². The number of hydrogen-bond donors (Lipinski definition) is 0. The van der Waals surface area contributed by atoms with E-state index in [1.165, 1.54) is 12.1 Å². The lowest BCUT2D eigenvalue weighted by atomic mass is 9.95. The zero-order valence-corrected chi connectivity index (χ0v) is 13.7. The highest BCUT2D eigenvalue weighted by Gasteiger charge is 2.24. The SMILES string of the molecule is Cn1nccc1[C@@H]1CCCN(Cc2nc(-c3ccccn3)no2)C1. The molecule has 7 heteroatoms. The first-order chi connectivity index (χ1) is 11.8. The van der Waals surface area contributed by atoms with Crippen LogP contribution < -0.4 is 0 Å². The largest absolute Gasteiger partial charge is 0.337 e. The van der Waals surface area contributed by atoms with Gasteiger partial charge in [-0.05, 0) is 37.6 Å². The highest BCUT2D eigenvalue weighted by atomic mass is 16.5. The number of nitrogens with zero attached hydrogens (tertiary/aromatic N) is 6. The number of piperidine rings is 1. The lowest BCUT2D eigenvalue weighted by Crippen LogP contribution is -2.34. The fourth-order valence-corrected chi connectivity index (χ4v) is 3.33. The van der Waals surface area contributed by atoms with Gasteiger partial charge < -0.3 is 4.52 Å². The quantitative estimate of drug-likeness (QED) is 0.733. The van der Waals surface area contributed by atoms with Crippen LogP contribution in [-0.2, 0) is 13.6 Å². The topological polar surface area (TPSA) is 72.9 Å². The Bertz CT molecular complexity index is 796. The molecule has 0 bridgehead atoms. The number of aryl methyl sites for hydroxylation is 1. The maximum absolute atomic E-state index is 5.41. The minimum absolute atomic E-state index is 0.504. The number of rotatable bonds is 4. The molecule has 1 saturated heterocycles. The monoisotopic (exact) mass is 324 g/mol.